The molecule has 1 aromatic carbocycles. The Hall–Kier alpha value is -2.25. The summed E-state index contributed by atoms with van der Waals surface area (Å²) < 4.78 is 22.9. The van der Waals surface area contributed by atoms with Crippen LogP contribution in [0, 0.1) is 5.92 Å². The zero-order valence-corrected chi connectivity index (χ0v) is 17.5. The van der Waals surface area contributed by atoms with Gasteiger partial charge in [0.1, 0.15) is 0 Å². The number of carbonyl (C=O) groups is 1. The second kappa shape index (κ2) is 9.71. The Balaban J connectivity index is 1.63. The smallest absolute Gasteiger partial charge is 0.286 e. The largest absolute Gasteiger partial charge is 0.459 e. The van der Waals surface area contributed by atoms with Crippen molar-refractivity contribution in [2.45, 2.75) is 63.7 Å². The number of amides is 1. The van der Waals surface area contributed by atoms with Crippen LogP contribution in [0.4, 0.5) is 0 Å². The summed E-state index contributed by atoms with van der Waals surface area (Å²) in [6, 6.07) is 6.08. The number of rotatable bonds is 8. The molecule has 2 N–H and O–H groups in total. The molecule has 2 aliphatic heterocycles. The van der Waals surface area contributed by atoms with E-state index in [0.29, 0.717) is 31.0 Å². The number of aliphatic hydroxyl groups excluding tert-OH is 1. The Kier molecular flexibility index (Phi) is 6.79. The first-order valence-electron chi connectivity index (χ1n) is 11.0. The van der Waals surface area contributed by atoms with Crippen molar-refractivity contribution >= 4 is 5.91 Å². The van der Waals surface area contributed by atoms with Crippen LogP contribution in [0.1, 0.15) is 56.9 Å². The quantitative estimate of drug-likeness (QED) is 0.676. The van der Waals surface area contributed by atoms with Crippen molar-refractivity contribution in [3.8, 4) is 11.5 Å². The van der Waals surface area contributed by atoms with E-state index in [0.717, 1.165) is 37.0 Å². The fourth-order valence-electron chi connectivity index (χ4n) is 4.59. The first-order chi connectivity index (χ1) is 14.7. The molecule has 7 nitrogen and oxygen atoms in total. The third kappa shape index (κ3) is 4.57. The Morgan fingerprint density at radius 1 is 1.23 bits per heavy atom. The van der Waals surface area contributed by atoms with Gasteiger partial charge in [-0.1, -0.05) is 18.9 Å². The first kappa shape index (κ1) is 21.0. The third-order valence-electron chi connectivity index (χ3n) is 6.11. The van der Waals surface area contributed by atoms with Gasteiger partial charge in [-0.15, -0.1) is 0 Å². The van der Waals surface area contributed by atoms with E-state index in [1.807, 2.05) is 31.2 Å². The predicted octanol–water partition coefficient (Wildman–Crippen LogP) is 3.22. The summed E-state index contributed by atoms with van der Waals surface area (Å²) in [5, 5.41) is 12.5. The van der Waals surface area contributed by atoms with E-state index in [1.165, 1.54) is 0 Å². The number of hydrogen-bond donors (Lipinski definition) is 2. The fourth-order valence-corrected chi connectivity index (χ4v) is 4.59. The van der Waals surface area contributed by atoms with Gasteiger partial charge in [0.15, 0.2) is 17.3 Å². The van der Waals surface area contributed by atoms with Crippen LogP contribution in [0.3, 0.4) is 0 Å². The van der Waals surface area contributed by atoms with E-state index < -0.39 is 6.29 Å². The summed E-state index contributed by atoms with van der Waals surface area (Å²) in [6.45, 7) is 2.71. The third-order valence-corrected chi connectivity index (χ3v) is 6.11. The SMILES string of the molecule is CCO[C@H]1OC(C(=O)NC2CCCC2)=C[C@@H](c2ccc3c(c2)OCO3)[C@H]1CCCO. The maximum atomic E-state index is 12.9. The molecule has 0 spiro atoms. The van der Waals surface area contributed by atoms with Crippen LogP contribution < -0.4 is 14.8 Å². The minimum atomic E-state index is -0.550. The predicted molar refractivity (Wildman–Crippen MR) is 110 cm³/mol. The summed E-state index contributed by atoms with van der Waals surface area (Å²) in [5.41, 5.74) is 1.02. The summed E-state index contributed by atoms with van der Waals surface area (Å²) in [7, 11) is 0. The lowest BCUT2D eigenvalue weighted by atomic mass is 9.80. The van der Waals surface area contributed by atoms with Crippen molar-refractivity contribution < 1.29 is 28.8 Å². The molecular weight excluding hydrogens is 386 g/mol. The maximum absolute atomic E-state index is 12.9. The molecule has 3 aliphatic rings. The zero-order valence-electron chi connectivity index (χ0n) is 17.5. The fraction of sp³-hybridized carbons (Fsp3) is 0.609. The number of ether oxygens (including phenoxy) is 4. The molecule has 0 radical (unpaired) electrons. The van der Waals surface area contributed by atoms with E-state index >= 15 is 0 Å². The number of hydrogen-bond acceptors (Lipinski definition) is 6. The van der Waals surface area contributed by atoms with Crippen LogP contribution in [-0.4, -0.2) is 43.4 Å². The molecule has 30 heavy (non-hydrogen) atoms. The van der Waals surface area contributed by atoms with Gasteiger partial charge in [0.2, 0.25) is 13.1 Å². The zero-order chi connectivity index (χ0) is 20.9. The summed E-state index contributed by atoms with van der Waals surface area (Å²) in [5.74, 6) is 1.43. The Labute approximate surface area is 177 Å². The molecule has 2 heterocycles. The van der Waals surface area contributed by atoms with Gasteiger partial charge in [-0.2, -0.15) is 0 Å². The van der Waals surface area contributed by atoms with Crippen LogP contribution in [-0.2, 0) is 14.3 Å². The van der Waals surface area contributed by atoms with Crippen LogP contribution in [0.5, 0.6) is 11.5 Å². The van der Waals surface area contributed by atoms with Crippen molar-refractivity contribution in [3.63, 3.8) is 0 Å². The number of aliphatic hydroxyl groups is 1. The molecule has 1 aromatic rings. The summed E-state index contributed by atoms with van der Waals surface area (Å²) in [4.78, 5) is 12.9. The average molecular weight is 418 g/mol. The molecule has 1 aliphatic carbocycles. The lowest BCUT2D eigenvalue weighted by Crippen LogP contribution is -2.41. The topological polar surface area (TPSA) is 86.3 Å². The van der Waals surface area contributed by atoms with Crippen molar-refractivity contribution in [2.24, 2.45) is 5.92 Å². The highest BCUT2D eigenvalue weighted by Gasteiger charge is 2.38. The molecule has 0 unspecified atom stereocenters. The first-order valence-corrected chi connectivity index (χ1v) is 11.0. The summed E-state index contributed by atoms with van der Waals surface area (Å²) >= 11 is 0. The Morgan fingerprint density at radius 2 is 2.03 bits per heavy atom. The van der Waals surface area contributed by atoms with Gasteiger partial charge in [-0.05, 0) is 56.4 Å². The van der Waals surface area contributed by atoms with E-state index in [4.69, 9.17) is 18.9 Å². The molecule has 0 saturated heterocycles. The highest BCUT2D eigenvalue weighted by atomic mass is 16.7. The number of nitrogens with one attached hydrogen (secondary N) is 1. The van der Waals surface area contributed by atoms with Crippen LogP contribution in [0.25, 0.3) is 0 Å². The molecule has 3 atom stereocenters. The molecule has 164 valence electrons. The summed E-state index contributed by atoms with van der Waals surface area (Å²) in [6.07, 6.45) is 7.03. The van der Waals surface area contributed by atoms with Gasteiger partial charge in [0.25, 0.3) is 5.91 Å². The molecular formula is C23H31NO6. The van der Waals surface area contributed by atoms with Gasteiger partial charge >= 0.3 is 0 Å². The van der Waals surface area contributed by atoms with Crippen LogP contribution in [0.15, 0.2) is 30.0 Å². The van der Waals surface area contributed by atoms with Gasteiger partial charge in [0, 0.05) is 31.1 Å². The van der Waals surface area contributed by atoms with Gasteiger partial charge in [-0.3, -0.25) is 4.79 Å². The Bertz CT molecular complexity index is 773. The number of carbonyl (C=O) groups excluding carboxylic acids is 1. The van der Waals surface area contributed by atoms with Gasteiger partial charge in [0.05, 0.1) is 0 Å². The molecule has 1 saturated carbocycles. The minimum absolute atomic E-state index is 0.0273. The lowest BCUT2D eigenvalue weighted by molar-refractivity contribution is -0.166. The second-order valence-electron chi connectivity index (χ2n) is 8.10. The van der Waals surface area contributed by atoms with E-state index in [2.05, 4.69) is 5.32 Å². The average Bonchev–Trinajstić information content (AvgIpc) is 3.43. The highest BCUT2D eigenvalue weighted by molar-refractivity contribution is 5.92. The Morgan fingerprint density at radius 3 is 2.80 bits per heavy atom. The van der Waals surface area contributed by atoms with Crippen LogP contribution >= 0.6 is 0 Å². The molecule has 0 aromatic heterocycles. The van der Waals surface area contributed by atoms with Crippen LogP contribution in [0.2, 0.25) is 0 Å². The molecule has 0 bridgehead atoms. The maximum Gasteiger partial charge on any atom is 0.286 e. The standard InChI is InChI=1S/C23H31NO6/c1-2-27-23-17(8-5-11-25)18(15-9-10-19-20(12-15)29-14-28-19)13-21(30-23)22(26)24-16-6-3-4-7-16/h9-10,12-13,16-18,23,25H,2-8,11,14H2,1H3,(H,24,26)/t17-,18+,23+/m1/s1. The van der Waals surface area contributed by atoms with E-state index in [-0.39, 0.29) is 37.2 Å². The van der Waals surface area contributed by atoms with Crippen molar-refractivity contribution in [2.75, 3.05) is 20.0 Å². The van der Waals surface area contributed by atoms with Gasteiger partial charge < -0.3 is 29.4 Å². The molecule has 1 fully saturated rings. The number of benzene rings is 1. The van der Waals surface area contributed by atoms with Crippen molar-refractivity contribution in [1.82, 2.24) is 5.32 Å². The lowest BCUT2D eigenvalue weighted by Gasteiger charge is -2.37. The second-order valence-corrected chi connectivity index (χ2v) is 8.10. The van der Waals surface area contributed by atoms with Crippen molar-refractivity contribution in [3.05, 3.63) is 35.6 Å². The van der Waals surface area contributed by atoms with E-state index in [9.17, 15) is 9.90 Å². The molecule has 4 rings (SSSR count). The molecule has 7 heteroatoms. The monoisotopic (exact) mass is 417 g/mol. The normalized spacial score (nSPS) is 25.7. The number of fused-ring (bicyclic) bond motifs is 1. The van der Waals surface area contributed by atoms with Crippen molar-refractivity contribution in [1.29, 1.82) is 0 Å². The highest BCUT2D eigenvalue weighted by Crippen LogP contribution is 2.42. The van der Waals surface area contributed by atoms with Gasteiger partial charge in [-0.25, -0.2) is 0 Å². The minimum Gasteiger partial charge on any atom is -0.459 e. The van der Waals surface area contributed by atoms with E-state index in [1.54, 1.807) is 0 Å². The number of allylic oxidation sites excluding steroid dienone is 1. The molecule has 1 amide bonds.